The molecule has 3 rings (SSSR count). The number of benzene rings is 2. The molecule has 3 aromatic rings. The molecule has 1 aromatic heterocycles. The first-order chi connectivity index (χ1) is 11.4. The van der Waals surface area contributed by atoms with E-state index in [2.05, 4.69) is 4.99 Å². The normalized spacial score (nSPS) is 12.1. The molecule has 0 spiro atoms. The van der Waals surface area contributed by atoms with Gasteiger partial charge in [0.05, 0.1) is 16.6 Å². The van der Waals surface area contributed by atoms with E-state index in [1.165, 1.54) is 18.2 Å². The molecule has 0 fully saturated rings. The maximum atomic E-state index is 12.7. The third kappa shape index (κ3) is 3.01. The third-order valence-electron chi connectivity index (χ3n) is 3.34. The van der Waals surface area contributed by atoms with E-state index in [0.717, 1.165) is 18.3 Å². The van der Waals surface area contributed by atoms with Crippen LogP contribution in [0.25, 0.3) is 11.0 Å². The predicted molar refractivity (Wildman–Crippen MR) is 82.8 cm³/mol. The molecule has 0 atom stereocenters. The monoisotopic (exact) mass is 333 g/mol. The van der Waals surface area contributed by atoms with Gasteiger partial charge in [-0.05, 0) is 30.3 Å². The Balaban J connectivity index is 2.04. The lowest BCUT2D eigenvalue weighted by molar-refractivity contribution is -0.137. The van der Waals surface area contributed by atoms with Gasteiger partial charge in [-0.1, -0.05) is 18.2 Å². The largest absolute Gasteiger partial charge is 0.506 e. The molecular weight excluding hydrogens is 323 g/mol. The van der Waals surface area contributed by atoms with Crippen LogP contribution in [0, 0.1) is 0 Å². The summed E-state index contributed by atoms with van der Waals surface area (Å²) in [5, 5.41) is 10.5. The van der Waals surface area contributed by atoms with E-state index >= 15 is 0 Å². The van der Waals surface area contributed by atoms with Crippen LogP contribution >= 0.6 is 0 Å². The Labute approximate surface area is 133 Å². The van der Waals surface area contributed by atoms with Gasteiger partial charge in [0.2, 0.25) is 0 Å². The third-order valence-corrected chi connectivity index (χ3v) is 3.34. The molecular formula is C17H10F3NO3. The lowest BCUT2D eigenvalue weighted by Gasteiger charge is -2.06. The summed E-state index contributed by atoms with van der Waals surface area (Å²) >= 11 is 0. The van der Waals surface area contributed by atoms with Crippen LogP contribution in [-0.4, -0.2) is 11.3 Å². The fourth-order valence-electron chi connectivity index (χ4n) is 2.16. The minimum absolute atomic E-state index is 0.00298. The topological polar surface area (TPSA) is 62.8 Å². The van der Waals surface area contributed by atoms with Crippen molar-refractivity contribution in [3.8, 4) is 5.75 Å². The highest BCUT2D eigenvalue weighted by Gasteiger charge is 2.30. The van der Waals surface area contributed by atoms with Gasteiger partial charge in [0.15, 0.2) is 0 Å². The average molecular weight is 333 g/mol. The molecule has 0 bridgehead atoms. The van der Waals surface area contributed by atoms with E-state index in [4.69, 9.17) is 4.42 Å². The molecule has 0 aliphatic heterocycles. The van der Waals surface area contributed by atoms with Crippen molar-refractivity contribution >= 4 is 22.9 Å². The number of hydrogen-bond acceptors (Lipinski definition) is 4. The molecule has 122 valence electrons. The Bertz CT molecular complexity index is 990. The van der Waals surface area contributed by atoms with Gasteiger partial charge in [-0.2, -0.15) is 13.2 Å². The zero-order chi connectivity index (χ0) is 17.3. The van der Waals surface area contributed by atoms with Crippen molar-refractivity contribution in [2.24, 2.45) is 4.99 Å². The first kappa shape index (κ1) is 15.8. The van der Waals surface area contributed by atoms with E-state index in [1.54, 1.807) is 18.2 Å². The number of nitrogens with zero attached hydrogens (tertiary/aromatic N) is 1. The van der Waals surface area contributed by atoms with Gasteiger partial charge >= 0.3 is 11.8 Å². The van der Waals surface area contributed by atoms with Crippen LogP contribution in [0.3, 0.4) is 0 Å². The van der Waals surface area contributed by atoms with Gasteiger partial charge in [-0.3, -0.25) is 4.99 Å². The summed E-state index contributed by atoms with van der Waals surface area (Å²) in [6.07, 6.45) is -3.50. The lowest BCUT2D eigenvalue weighted by Crippen LogP contribution is -2.07. The van der Waals surface area contributed by atoms with Crippen LogP contribution in [0.5, 0.6) is 5.75 Å². The zero-order valence-corrected chi connectivity index (χ0v) is 12.0. The van der Waals surface area contributed by atoms with Crippen LogP contribution in [0.2, 0.25) is 0 Å². The minimum Gasteiger partial charge on any atom is -0.506 e. The van der Waals surface area contributed by atoms with Crippen LogP contribution in [0.4, 0.5) is 18.9 Å². The summed E-state index contributed by atoms with van der Waals surface area (Å²) in [6.45, 7) is 0. The quantitative estimate of drug-likeness (QED) is 0.563. The number of halogens is 3. The lowest BCUT2D eigenvalue weighted by atomic mass is 10.1. The van der Waals surface area contributed by atoms with Gasteiger partial charge in [0.25, 0.3) is 0 Å². The molecule has 0 aliphatic rings. The molecule has 4 nitrogen and oxygen atoms in total. The van der Waals surface area contributed by atoms with Crippen molar-refractivity contribution < 1.29 is 22.7 Å². The Hall–Kier alpha value is -3.09. The first-order valence-corrected chi connectivity index (χ1v) is 6.82. The van der Waals surface area contributed by atoms with Crippen LogP contribution < -0.4 is 5.63 Å². The molecule has 0 aliphatic carbocycles. The Morgan fingerprint density at radius 2 is 1.83 bits per heavy atom. The van der Waals surface area contributed by atoms with Gasteiger partial charge in [-0.15, -0.1) is 0 Å². The van der Waals surface area contributed by atoms with Gasteiger partial charge in [0, 0.05) is 6.21 Å². The van der Waals surface area contributed by atoms with Crippen molar-refractivity contribution in [3.05, 3.63) is 70.1 Å². The molecule has 0 radical (unpaired) electrons. The van der Waals surface area contributed by atoms with Gasteiger partial charge in [0.1, 0.15) is 16.9 Å². The summed E-state index contributed by atoms with van der Waals surface area (Å²) in [6, 6.07) is 10.7. The standard InChI is InChI=1S/C17H10F3NO3/c18-17(19,20)10-4-3-5-11(8-10)21-9-13-15(22)12-6-1-2-7-14(12)24-16(13)23/h1-9,22H. The van der Waals surface area contributed by atoms with E-state index < -0.39 is 17.4 Å². The summed E-state index contributed by atoms with van der Waals surface area (Å²) in [7, 11) is 0. The van der Waals surface area contributed by atoms with E-state index in [-0.39, 0.29) is 22.6 Å². The van der Waals surface area contributed by atoms with Gasteiger partial charge < -0.3 is 9.52 Å². The summed E-state index contributed by atoms with van der Waals surface area (Å²) < 4.78 is 43.1. The number of hydrogen-bond donors (Lipinski definition) is 1. The molecule has 0 saturated carbocycles. The fourth-order valence-corrected chi connectivity index (χ4v) is 2.16. The molecule has 2 aromatic carbocycles. The van der Waals surface area contributed by atoms with Crippen molar-refractivity contribution in [2.75, 3.05) is 0 Å². The first-order valence-electron chi connectivity index (χ1n) is 6.82. The summed E-state index contributed by atoms with van der Waals surface area (Å²) in [4.78, 5) is 15.7. The molecule has 24 heavy (non-hydrogen) atoms. The molecule has 1 heterocycles. The number of alkyl halides is 3. The number of aromatic hydroxyl groups is 1. The molecule has 0 saturated heterocycles. The Morgan fingerprint density at radius 1 is 1.08 bits per heavy atom. The average Bonchev–Trinajstić information content (AvgIpc) is 2.54. The van der Waals surface area contributed by atoms with Crippen molar-refractivity contribution in [2.45, 2.75) is 6.18 Å². The smallest absolute Gasteiger partial charge is 0.416 e. The highest BCUT2D eigenvalue weighted by Crippen LogP contribution is 2.31. The fraction of sp³-hybridized carbons (Fsp3) is 0.0588. The highest BCUT2D eigenvalue weighted by molar-refractivity contribution is 5.94. The molecule has 0 amide bonds. The van der Waals surface area contributed by atoms with E-state index in [0.29, 0.717) is 5.39 Å². The zero-order valence-electron chi connectivity index (χ0n) is 12.0. The van der Waals surface area contributed by atoms with Gasteiger partial charge in [-0.25, -0.2) is 4.79 Å². The summed E-state index contributed by atoms with van der Waals surface area (Å²) in [5.41, 5.74) is -1.71. The van der Waals surface area contributed by atoms with Crippen molar-refractivity contribution in [1.29, 1.82) is 0 Å². The summed E-state index contributed by atoms with van der Waals surface area (Å²) in [5.74, 6) is -0.336. The number of rotatable bonds is 2. The number of para-hydroxylation sites is 1. The maximum Gasteiger partial charge on any atom is 0.416 e. The second kappa shape index (κ2) is 5.84. The second-order valence-corrected chi connectivity index (χ2v) is 4.95. The SMILES string of the molecule is O=c1oc2ccccc2c(O)c1C=Nc1cccc(C(F)(F)F)c1. The van der Waals surface area contributed by atoms with Crippen LogP contribution in [0.1, 0.15) is 11.1 Å². The minimum atomic E-state index is -4.49. The van der Waals surface area contributed by atoms with Crippen molar-refractivity contribution in [1.82, 2.24) is 0 Å². The maximum absolute atomic E-state index is 12.7. The number of aliphatic imine (C=N–C) groups is 1. The Kier molecular flexibility index (Phi) is 3.84. The van der Waals surface area contributed by atoms with Crippen molar-refractivity contribution in [3.63, 3.8) is 0 Å². The predicted octanol–water partition coefficient (Wildman–Crippen LogP) is 4.27. The Morgan fingerprint density at radius 3 is 2.58 bits per heavy atom. The van der Waals surface area contributed by atoms with E-state index in [1.807, 2.05) is 0 Å². The highest BCUT2D eigenvalue weighted by atomic mass is 19.4. The molecule has 1 N–H and O–H groups in total. The second-order valence-electron chi connectivity index (χ2n) is 4.95. The van der Waals surface area contributed by atoms with E-state index in [9.17, 15) is 23.1 Å². The van der Waals surface area contributed by atoms with Crippen LogP contribution in [0.15, 0.2) is 62.7 Å². The molecule has 0 unspecified atom stereocenters. The molecule has 7 heteroatoms. The number of fused-ring (bicyclic) bond motifs is 1. The van der Waals surface area contributed by atoms with Crippen LogP contribution in [-0.2, 0) is 6.18 Å².